The number of pyridine rings is 1. The van der Waals surface area contributed by atoms with Gasteiger partial charge >= 0.3 is 0 Å². The van der Waals surface area contributed by atoms with E-state index in [-0.39, 0.29) is 4.90 Å². The Labute approximate surface area is 118 Å². The molecule has 0 bridgehead atoms. The lowest BCUT2D eigenvalue weighted by Gasteiger charge is -2.12. The van der Waals surface area contributed by atoms with Crippen LogP contribution in [0.15, 0.2) is 39.8 Å². The van der Waals surface area contributed by atoms with Crippen LogP contribution in [0.4, 0.5) is 5.82 Å². The Balaban J connectivity index is 2.22. The largest absolute Gasteiger partial charge is 0.465 e. The van der Waals surface area contributed by atoms with Crippen molar-refractivity contribution < 1.29 is 12.8 Å². The summed E-state index contributed by atoms with van der Waals surface area (Å²) in [4.78, 5) is 4.15. The first-order valence-corrected chi connectivity index (χ1v) is 7.63. The van der Waals surface area contributed by atoms with Gasteiger partial charge in [0, 0.05) is 19.3 Å². The maximum Gasteiger partial charge on any atom is 0.241 e. The number of hydrogen-bond donors (Lipinski definition) is 2. The predicted octanol–water partition coefficient (Wildman–Crippen LogP) is 2.06. The molecule has 0 spiro atoms. The second-order valence-electron chi connectivity index (χ2n) is 4.42. The van der Waals surface area contributed by atoms with Crippen molar-refractivity contribution in [3.63, 3.8) is 0 Å². The molecule has 1 unspecified atom stereocenters. The van der Waals surface area contributed by atoms with Gasteiger partial charge in [0.1, 0.15) is 17.3 Å². The summed E-state index contributed by atoms with van der Waals surface area (Å²) < 4.78 is 32.6. The SMILES string of the molecule is CNc1cc(S(=O)(=O)NC(C)c2ccc(C)o2)ccn1. The van der Waals surface area contributed by atoms with E-state index in [9.17, 15) is 8.42 Å². The van der Waals surface area contributed by atoms with Crippen LogP contribution in [-0.4, -0.2) is 20.4 Å². The molecule has 0 aliphatic heterocycles. The molecule has 6 nitrogen and oxygen atoms in total. The monoisotopic (exact) mass is 295 g/mol. The summed E-state index contributed by atoms with van der Waals surface area (Å²) in [6.07, 6.45) is 1.45. The van der Waals surface area contributed by atoms with Crippen LogP contribution in [0.25, 0.3) is 0 Å². The van der Waals surface area contributed by atoms with Gasteiger partial charge in [0.05, 0.1) is 10.9 Å². The standard InChI is InChI=1S/C13H17N3O3S/c1-9-4-5-12(19-9)10(2)16-20(17,18)11-6-7-15-13(8-11)14-3/h4-8,10,16H,1-3H3,(H,14,15). The van der Waals surface area contributed by atoms with Crippen molar-refractivity contribution in [2.24, 2.45) is 0 Å². The van der Waals surface area contributed by atoms with Crippen molar-refractivity contribution in [3.05, 3.63) is 42.0 Å². The van der Waals surface area contributed by atoms with E-state index in [4.69, 9.17) is 4.42 Å². The van der Waals surface area contributed by atoms with Gasteiger partial charge < -0.3 is 9.73 Å². The van der Waals surface area contributed by atoms with Gasteiger partial charge in [-0.15, -0.1) is 0 Å². The molecule has 2 aromatic heterocycles. The van der Waals surface area contributed by atoms with Gasteiger partial charge in [-0.05, 0) is 32.0 Å². The van der Waals surface area contributed by atoms with Crippen LogP contribution < -0.4 is 10.0 Å². The molecule has 108 valence electrons. The Morgan fingerprint density at radius 2 is 2.05 bits per heavy atom. The third-order valence-corrected chi connectivity index (χ3v) is 4.36. The average Bonchev–Trinajstić information content (AvgIpc) is 2.85. The van der Waals surface area contributed by atoms with Gasteiger partial charge in [-0.1, -0.05) is 0 Å². The van der Waals surface area contributed by atoms with Crippen molar-refractivity contribution in [3.8, 4) is 0 Å². The highest BCUT2D eigenvalue weighted by atomic mass is 32.2. The highest BCUT2D eigenvalue weighted by Crippen LogP contribution is 2.19. The molecule has 0 saturated carbocycles. The number of sulfonamides is 1. The Kier molecular flexibility index (Phi) is 4.10. The zero-order chi connectivity index (χ0) is 14.8. The number of aryl methyl sites for hydroxylation is 1. The minimum absolute atomic E-state index is 0.159. The van der Waals surface area contributed by atoms with E-state index < -0.39 is 16.1 Å². The van der Waals surface area contributed by atoms with Crippen LogP contribution in [-0.2, 0) is 10.0 Å². The Bertz CT molecular complexity index is 694. The summed E-state index contributed by atoms with van der Waals surface area (Å²) in [6, 6.07) is 6.03. The van der Waals surface area contributed by atoms with Crippen LogP contribution in [0.1, 0.15) is 24.5 Å². The fourth-order valence-corrected chi connectivity index (χ4v) is 2.98. The summed E-state index contributed by atoms with van der Waals surface area (Å²) in [5.74, 6) is 1.82. The minimum atomic E-state index is -3.62. The van der Waals surface area contributed by atoms with E-state index >= 15 is 0 Å². The lowest BCUT2D eigenvalue weighted by atomic mass is 10.3. The summed E-state index contributed by atoms with van der Waals surface area (Å²) in [7, 11) is -1.94. The summed E-state index contributed by atoms with van der Waals surface area (Å²) >= 11 is 0. The lowest BCUT2D eigenvalue weighted by molar-refractivity contribution is 0.441. The topological polar surface area (TPSA) is 84.2 Å². The van der Waals surface area contributed by atoms with Crippen molar-refractivity contribution >= 4 is 15.8 Å². The zero-order valence-corrected chi connectivity index (χ0v) is 12.4. The van der Waals surface area contributed by atoms with Crippen LogP contribution >= 0.6 is 0 Å². The lowest BCUT2D eigenvalue weighted by Crippen LogP contribution is -2.26. The molecule has 0 amide bonds. The van der Waals surface area contributed by atoms with E-state index in [1.165, 1.54) is 18.3 Å². The number of hydrogen-bond acceptors (Lipinski definition) is 5. The van der Waals surface area contributed by atoms with Crippen molar-refractivity contribution in [1.82, 2.24) is 9.71 Å². The number of nitrogens with one attached hydrogen (secondary N) is 2. The van der Waals surface area contributed by atoms with Crippen molar-refractivity contribution in [2.45, 2.75) is 24.8 Å². The molecule has 20 heavy (non-hydrogen) atoms. The van der Waals surface area contributed by atoms with Crippen molar-refractivity contribution in [2.75, 3.05) is 12.4 Å². The highest BCUT2D eigenvalue weighted by Gasteiger charge is 2.20. The second-order valence-corrected chi connectivity index (χ2v) is 6.13. The van der Waals surface area contributed by atoms with Gasteiger partial charge in [0.25, 0.3) is 0 Å². The molecule has 0 aliphatic carbocycles. The zero-order valence-electron chi connectivity index (χ0n) is 11.5. The summed E-state index contributed by atoms with van der Waals surface area (Å²) in [5.41, 5.74) is 0. The predicted molar refractivity (Wildman–Crippen MR) is 76.0 cm³/mol. The number of nitrogens with zero attached hydrogens (tertiary/aromatic N) is 1. The fraction of sp³-hybridized carbons (Fsp3) is 0.308. The molecule has 0 saturated heterocycles. The highest BCUT2D eigenvalue weighted by molar-refractivity contribution is 7.89. The molecule has 2 heterocycles. The first kappa shape index (κ1) is 14.5. The average molecular weight is 295 g/mol. The summed E-state index contributed by atoms with van der Waals surface area (Å²) in [5, 5.41) is 2.81. The quantitative estimate of drug-likeness (QED) is 0.882. The molecule has 2 N–H and O–H groups in total. The molecule has 2 aromatic rings. The van der Waals surface area contributed by atoms with E-state index in [0.29, 0.717) is 11.6 Å². The third kappa shape index (κ3) is 3.17. The number of rotatable bonds is 5. The maximum absolute atomic E-state index is 12.3. The number of furan rings is 1. The first-order valence-electron chi connectivity index (χ1n) is 6.15. The normalized spacial score (nSPS) is 13.2. The molecular formula is C13H17N3O3S. The van der Waals surface area contributed by atoms with Crippen LogP contribution in [0.5, 0.6) is 0 Å². The van der Waals surface area contributed by atoms with Gasteiger partial charge in [-0.2, -0.15) is 0 Å². The van der Waals surface area contributed by atoms with E-state index in [2.05, 4.69) is 15.0 Å². The number of aromatic nitrogens is 1. The molecule has 2 rings (SSSR count). The Hall–Kier alpha value is -1.86. The molecule has 0 fully saturated rings. The molecule has 1 atom stereocenters. The molecule has 0 aromatic carbocycles. The fourth-order valence-electron chi connectivity index (χ4n) is 1.76. The molecule has 7 heteroatoms. The van der Waals surface area contributed by atoms with Gasteiger partial charge in [0.2, 0.25) is 10.0 Å². The van der Waals surface area contributed by atoms with E-state index in [0.717, 1.165) is 5.76 Å². The number of anilines is 1. The van der Waals surface area contributed by atoms with Crippen LogP contribution in [0, 0.1) is 6.92 Å². The minimum Gasteiger partial charge on any atom is -0.465 e. The molecule has 0 aliphatic rings. The van der Waals surface area contributed by atoms with E-state index in [1.54, 1.807) is 26.1 Å². The van der Waals surface area contributed by atoms with Crippen LogP contribution in [0.3, 0.4) is 0 Å². The third-order valence-electron chi connectivity index (χ3n) is 2.82. The molecular weight excluding hydrogens is 278 g/mol. The van der Waals surface area contributed by atoms with Gasteiger partial charge in [0.15, 0.2) is 0 Å². The van der Waals surface area contributed by atoms with Crippen LogP contribution in [0.2, 0.25) is 0 Å². The maximum atomic E-state index is 12.3. The molecule has 0 radical (unpaired) electrons. The first-order chi connectivity index (χ1) is 9.42. The second kappa shape index (κ2) is 5.64. The summed E-state index contributed by atoms with van der Waals surface area (Å²) in [6.45, 7) is 3.54. The van der Waals surface area contributed by atoms with Crippen molar-refractivity contribution in [1.29, 1.82) is 0 Å². The Morgan fingerprint density at radius 1 is 1.30 bits per heavy atom. The van der Waals surface area contributed by atoms with E-state index in [1.807, 2.05) is 6.92 Å². The Morgan fingerprint density at radius 3 is 2.65 bits per heavy atom. The smallest absolute Gasteiger partial charge is 0.241 e. The van der Waals surface area contributed by atoms with Gasteiger partial charge in [-0.3, -0.25) is 0 Å². The van der Waals surface area contributed by atoms with Gasteiger partial charge in [-0.25, -0.2) is 18.1 Å².